The van der Waals surface area contributed by atoms with E-state index in [-0.39, 0.29) is 9.93 Å². The minimum Gasteiger partial charge on any atom is -0.379 e. The van der Waals surface area contributed by atoms with E-state index in [0.29, 0.717) is 10.6 Å². The minimum absolute atomic E-state index is 0.0506. The Bertz CT molecular complexity index is 610. The van der Waals surface area contributed by atoms with Crippen molar-refractivity contribution in [2.24, 2.45) is 0 Å². The van der Waals surface area contributed by atoms with Crippen LogP contribution in [0.4, 0.5) is 0 Å². The molecule has 4 nitrogen and oxygen atoms in total. The fourth-order valence-corrected chi connectivity index (χ4v) is 7.56. The number of hydrogen-bond donors (Lipinski definition) is 2. The molecule has 1 rings (SSSR count). The number of nitrogens with one attached hydrogen (secondary N) is 2. The summed E-state index contributed by atoms with van der Waals surface area (Å²) >= 11 is 5.20. The van der Waals surface area contributed by atoms with Crippen molar-refractivity contribution in [1.29, 1.82) is 0 Å². The third kappa shape index (κ3) is 4.60. The van der Waals surface area contributed by atoms with Gasteiger partial charge in [-0.3, -0.25) is 0 Å². The number of benzene rings is 1. The molecule has 0 aliphatic rings. The lowest BCUT2D eigenvalue weighted by Gasteiger charge is -2.28. The highest BCUT2D eigenvalue weighted by atomic mass is 32.2. The normalized spacial score (nSPS) is 12.5. The maximum absolute atomic E-state index is 12.7. The zero-order valence-corrected chi connectivity index (χ0v) is 15.8. The molecule has 0 saturated heterocycles. The van der Waals surface area contributed by atoms with E-state index in [1.165, 1.54) is 0 Å². The van der Waals surface area contributed by atoms with Crippen molar-refractivity contribution in [2.45, 2.75) is 43.7 Å². The second-order valence-electron chi connectivity index (χ2n) is 5.76. The van der Waals surface area contributed by atoms with E-state index in [4.69, 9.17) is 12.2 Å². The SMILES string of the molecule is CC[Si](NS(=O)(=O)c1ccccc1C(=S)NC)C(C)(C)C. The van der Waals surface area contributed by atoms with Gasteiger partial charge in [-0.2, -0.15) is 0 Å². The molecule has 0 aromatic heterocycles. The van der Waals surface area contributed by atoms with Crippen molar-refractivity contribution in [2.75, 3.05) is 7.05 Å². The molecule has 2 N–H and O–H groups in total. The Kier molecular flexibility index (Phi) is 6.09. The second kappa shape index (κ2) is 7.00. The maximum Gasteiger partial charge on any atom is 0.235 e. The summed E-state index contributed by atoms with van der Waals surface area (Å²) in [5, 5.41) is 2.79. The molecule has 0 saturated carbocycles. The lowest BCUT2D eigenvalue weighted by atomic mass is 10.2. The Morgan fingerprint density at radius 3 is 2.33 bits per heavy atom. The van der Waals surface area contributed by atoms with Gasteiger partial charge in [-0.15, -0.1) is 0 Å². The van der Waals surface area contributed by atoms with E-state index in [1.54, 1.807) is 31.3 Å². The highest BCUT2D eigenvalue weighted by Crippen LogP contribution is 2.29. The zero-order valence-electron chi connectivity index (χ0n) is 13.1. The lowest BCUT2D eigenvalue weighted by Crippen LogP contribution is -2.44. The van der Waals surface area contributed by atoms with Crippen LogP contribution in [0.15, 0.2) is 29.2 Å². The molecule has 0 bridgehead atoms. The van der Waals surface area contributed by atoms with Crippen LogP contribution in [-0.4, -0.2) is 29.4 Å². The van der Waals surface area contributed by atoms with Crippen LogP contribution in [0.1, 0.15) is 33.3 Å². The molecular weight excluding hydrogens is 320 g/mol. The van der Waals surface area contributed by atoms with Crippen molar-refractivity contribution in [1.82, 2.24) is 9.70 Å². The van der Waals surface area contributed by atoms with E-state index in [9.17, 15) is 8.42 Å². The van der Waals surface area contributed by atoms with Gasteiger partial charge < -0.3 is 5.32 Å². The van der Waals surface area contributed by atoms with Gasteiger partial charge in [-0.1, -0.05) is 58.1 Å². The van der Waals surface area contributed by atoms with E-state index >= 15 is 0 Å². The largest absolute Gasteiger partial charge is 0.379 e. The van der Waals surface area contributed by atoms with E-state index < -0.39 is 19.0 Å². The molecule has 7 heteroatoms. The van der Waals surface area contributed by atoms with Crippen LogP contribution in [0.3, 0.4) is 0 Å². The molecule has 0 unspecified atom stereocenters. The molecule has 0 aliphatic carbocycles. The Labute approximate surface area is 135 Å². The molecule has 0 amide bonds. The summed E-state index contributed by atoms with van der Waals surface area (Å²) in [4.78, 5) is 0.668. The van der Waals surface area contributed by atoms with Crippen molar-refractivity contribution < 1.29 is 8.42 Å². The summed E-state index contributed by atoms with van der Waals surface area (Å²) in [5.74, 6) is 0. The number of rotatable bonds is 5. The molecule has 1 radical (unpaired) electrons. The first kappa shape index (κ1) is 18.3. The standard InChI is InChI=1S/C14H23N2O2S2Si/c1-6-21(14(2,3)4)16-20(17,18)12-10-8-7-9-11(12)13(19)15-5/h7-10,16H,6H2,1-5H3,(H,15,19). The average Bonchev–Trinajstić information content (AvgIpc) is 2.42. The van der Waals surface area contributed by atoms with Crippen LogP contribution in [0, 0.1) is 0 Å². The average molecular weight is 344 g/mol. The van der Waals surface area contributed by atoms with Crippen LogP contribution in [0.5, 0.6) is 0 Å². The molecule has 117 valence electrons. The predicted molar refractivity (Wildman–Crippen MR) is 93.5 cm³/mol. The molecule has 0 aliphatic heterocycles. The third-order valence-electron chi connectivity index (χ3n) is 3.16. The van der Waals surface area contributed by atoms with Crippen molar-refractivity contribution in [3.63, 3.8) is 0 Å². The molecule has 1 aromatic carbocycles. The lowest BCUT2D eigenvalue weighted by molar-refractivity contribution is 0.590. The van der Waals surface area contributed by atoms with Crippen molar-refractivity contribution in [3.05, 3.63) is 29.8 Å². The number of sulfonamides is 1. The minimum atomic E-state index is -3.57. The van der Waals surface area contributed by atoms with Crippen molar-refractivity contribution in [3.8, 4) is 0 Å². The van der Waals surface area contributed by atoms with Crippen molar-refractivity contribution >= 4 is 36.2 Å². The zero-order chi connectivity index (χ0) is 16.3. The first-order valence-corrected chi connectivity index (χ1v) is 10.4. The van der Waals surface area contributed by atoms with Crippen LogP contribution in [0.2, 0.25) is 11.1 Å². The summed E-state index contributed by atoms with van der Waals surface area (Å²) in [6.45, 7) is 8.22. The summed E-state index contributed by atoms with van der Waals surface area (Å²) in [6.07, 6.45) is 0. The predicted octanol–water partition coefficient (Wildman–Crippen LogP) is 2.67. The summed E-state index contributed by atoms with van der Waals surface area (Å²) in [6, 6.07) is 7.65. The Morgan fingerprint density at radius 2 is 1.86 bits per heavy atom. The van der Waals surface area contributed by atoms with Gasteiger partial charge >= 0.3 is 0 Å². The van der Waals surface area contributed by atoms with Gasteiger partial charge in [-0.05, 0) is 17.1 Å². The van der Waals surface area contributed by atoms with E-state index in [1.807, 2.05) is 6.92 Å². The van der Waals surface area contributed by atoms with E-state index in [0.717, 1.165) is 6.04 Å². The van der Waals surface area contributed by atoms with E-state index in [2.05, 4.69) is 30.5 Å². The Morgan fingerprint density at radius 1 is 1.29 bits per heavy atom. The molecule has 1 aromatic rings. The van der Waals surface area contributed by atoms with Gasteiger partial charge in [0.25, 0.3) is 0 Å². The molecule has 21 heavy (non-hydrogen) atoms. The van der Waals surface area contributed by atoms with Gasteiger partial charge in [0.05, 0.1) is 4.90 Å². The van der Waals surface area contributed by atoms with Gasteiger partial charge in [0.15, 0.2) is 8.96 Å². The summed E-state index contributed by atoms with van der Waals surface area (Å²) in [7, 11) is -3.14. The van der Waals surface area contributed by atoms with Gasteiger partial charge in [0, 0.05) is 12.6 Å². The molecular formula is C14H23N2O2S2Si. The highest BCUT2D eigenvalue weighted by Gasteiger charge is 2.31. The third-order valence-corrected chi connectivity index (χ3v) is 9.10. The maximum atomic E-state index is 12.7. The number of hydrogen-bond acceptors (Lipinski definition) is 3. The molecule has 0 fully saturated rings. The second-order valence-corrected chi connectivity index (χ2v) is 11.6. The first-order chi connectivity index (χ1) is 9.63. The molecule has 0 atom stereocenters. The van der Waals surface area contributed by atoms with Crippen LogP contribution in [0.25, 0.3) is 0 Å². The number of thiocarbonyl (C=S) groups is 1. The van der Waals surface area contributed by atoms with Gasteiger partial charge in [-0.25, -0.2) is 12.8 Å². The fourth-order valence-electron chi connectivity index (χ4n) is 2.00. The molecule has 0 spiro atoms. The first-order valence-electron chi connectivity index (χ1n) is 6.83. The Balaban J connectivity index is 3.23. The topological polar surface area (TPSA) is 58.2 Å². The van der Waals surface area contributed by atoms with Gasteiger partial charge in [0.2, 0.25) is 10.0 Å². The fraction of sp³-hybridized carbons (Fsp3) is 0.500. The molecule has 0 heterocycles. The van der Waals surface area contributed by atoms with Crippen LogP contribution < -0.4 is 9.70 Å². The summed E-state index contributed by atoms with van der Waals surface area (Å²) < 4.78 is 28.3. The smallest absolute Gasteiger partial charge is 0.235 e. The highest BCUT2D eigenvalue weighted by molar-refractivity contribution is 7.91. The Hall–Kier alpha value is -0.763. The van der Waals surface area contributed by atoms with Gasteiger partial charge in [0.1, 0.15) is 4.99 Å². The van der Waals surface area contributed by atoms with Crippen LogP contribution >= 0.6 is 12.2 Å². The monoisotopic (exact) mass is 343 g/mol. The summed E-state index contributed by atoms with van der Waals surface area (Å²) in [5.41, 5.74) is 0.536. The quantitative estimate of drug-likeness (QED) is 0.637. The van der Waals surface area contributed by atoms with Crippen LogP contribution in [-0.2, 0) is 10.0 Å².